The van der Waals surface area contributed by atoms with Crippen LogP contribution in [-0.2, 0) is 0 Å². The summed E-state index contributed by atoms with van der Waals surface area (Å²) in [6, 6.07) is 0.626. The van der Waals surface area contributed by atoms with Gasteiger partial charge in [0.15, 0.2) is 0 Å². The third kappa shape index (κ3) is 4.52. The van der Waals surface area contributed by atoms with E-state index in [0.29, 0.717) is 11.6 Å². The Bertz CT molecular complexity index is 235. The van der Waals surface area contributed by atoms with Crippen molar-refractivity contribution in [1.29, 1.82) is 0 Å². The second-order valence-corrected chi connectivity index (χ2v) is 7.14. The van der Waals surface area contributed by atoms with E-state index in [9.17, 15) is 5.11 Å². The third-order valence-corrected chi connectivity index (χ3v) is 4.50. The second-order valence-electron chi connectivity index (χ2n) is 7.14. The van der Waals surface area contributed by atoms with Gasteiger partial charge in [-0.25, -0.2) is 0 Å². The lowest BCUT2D eigenvalue weighted by Gasteiger charge is -2.41. The van der Waals surface area contributed by atoms with Gasteiger partial charge in [-0.2, -0.15) is 0 Å². The normalized spacial score (nSPS) is 23.0. The minimum absolute atomic E-state index is 0.0428. The molecule has 0 aromatic carbocycles. The van der Waals surface area contributed by atoms with Gasteiger partial charge in [0.1, 0.15) is 0 Å². The lowest BCUT2D eigenvalue weighted by molar-refractivity contribution is 0.0862. The summed E-state index contributed by atoms with van der Waals surface area (Å²) in [5.41, 5.74) is 0.342. The Kier molecular flexibility index (Phi) is 5.63. The number of nitrogens with zero attached hydrogens (tertiary/aromatic N) is 1. The van der Waals surface area contributed by atoms with E-state index in [1.807, 2.05) is 0 Å². The number of aliphatic hydroxyl groups is 1. The molecule has 1 aliphatic rings. The van der Waals surface area contributed by atoms with E-state index >= 15 is 0 Å². The van der Waals surface area contributed by atoms with E-state index in [1.54, 1.807) is 0 Å². The van der Waals surface area contributed by atoms with Crippen molar-refractivity contribution in [2.24, 2.45) is 5.41 Å². The van der Waals surface area contributed by atoms with Crippen LogP contribution in [0.25, 0.3) is 0 Å². The van der Waals surface area contributed by atoms with Crippen molar-refractivity contribution in [2.45, 2.75) is 65.5 Å². The van der Waals surface area contributed by atoms with Crippen molar-refractivity contribution in [3.8, 4) is 0 Å². The molecule has 1 heterocycles. The number of hydrogen-bond acceptors (Lipinski definition) is 3. The van der Waals surface area contributed by atoms with Gasteiger partial charge in [-0.3, -0.25) is 4.90 Å². The summed E-state index contributed by atoms with van der Waals surface area (Å²) in [5.74, 6) is 0. The summed E-state index contributed by atoms with van der Waals surface area (Å²) in [7, 11) is 0. The van der Waals surface area contributed by atoms with Crippen molar-refractivity contribution in [3.63, 3.8) is 0 Å². The van der Waals surface area contributed by atoms with Gasteiger partial charge in [-0.1, -0.05) is 13.8 Å². The summed E-state index contributed by atoms with van der Waals surface area (Å²) in [4.78, 5) is 2.57. The van der Waals surface area contributed by atoms with E-state index in [-0.39, 0.29) is 12.0 Å². The fourth-order valence-corrected chi connectivity index (χ4v) is 2.44. The van der Waals surface area contributed by atoms with Gasteiger partial charge < -0.3 is 10.4 Å². The molecular weight excluding hydrogens is 224 g/mol. The van der Waals surface area contributed by atoms with Crippen LogP contribution in [0.2, 0.25) is 0 Å². The maximum atomic E-state index is 9.42. The monoisotopic (exact) mass is 256 g/mol. The molecular formula is C15H32N2O. The van der Waals surface area contributed by atoms with E-state index in [0.717, 1.165) is 13.0 Å². The van der Waals surface area contributed by atoms with Crippen molar-refractivity contribution in [2.75, 3.05) is 26.2 Å². The molecule has 18 heavy (non-hydrogen) atoms. The molecule has 3 heteroatoms. The zero-order valence-corrected chi connectivity index (χ0v) is 12.9. The molecule has 0 spiro atoms. The number of piperidine rings is 1. The molecule has 0 aromatic heterocycles. The first-order chi connectivity index (χ1) is 8.30. The van der Waals surface area contributed by atoms with Crippen LogP contribution in [0, 0.1) is 5.41 Å². The van der Waals surface area contributed by atoms with Gasteiger partial charge in [-0.15, -0.1) is 0 Å². The first-order valence-electron chi connectivity index (χ1n) is 7.40. The number of hydrogen-bond donors (Lipinski definition) is 2. The molecule has 0 radical (unpaired) electrons. The lowest BCUT2D eigenvalue weighted by Crippen LogP contribution is -2.51. The quantitative estimate of drug-likeness (QED) is 0.792. The van der Waals surface area contributed by atoms with Crippen LogP contribution < -0.4 is 5.32 Å². The topological polar surface area (TPSA) is 35.5 Å². The van der Waals surface area contributed by atoms with Crippen LogP contribution in [0.5, 0.6) is 0 Å². The van der Waals surface area contributed by atoms with Crippen molar-refractivity contribution in [3.05, 3.63) is 0 Å². The molecule has 0 aromatic rings. The van der Waals surface area contributed by atoms with Crippen molar-refractivity contribution < 1.29 is 5.11 Å². The average Bonchev–Trinajstić information content (AvgIpc) is 2.35. The number of aliphatic hydroxyl groups excluding tert-OH is 1. The second kappa shape index (κ2) is 6.36. The van der Waals surface area contributed by atoms with Gasteiger partial charge in [0.25, 0.3) is 0 Å². The zero-order chi connectivity index (χ0) is 13.8. The van der Waals surface area contributed by atoms with E-state index in [1.165, 1.54) is 25.9 Å². The summed E-state index contributed by atoms with van der Waals surface area (Å²) in [6.45, 7) is 14.8. The van der Waals surface area contributed by atoms with Gasteiger partial charge in [0.05, 0.1) is 0 Å². The minimum atomic E-state index is 0.0428. The molecule has 0 amide bonds. The predicted octanol–water partition coefficient (Wildman–Crippen LogP) is 2.25. The number of likely N-dealkylation sites (tertiary alicyclic amines) is 1. The fourth-order valence-electron chi connectivity index (χ4n) is 2.44. The molecule has 108 valence electrons. The molecule has 1 fully saturated rings. The first kappa shape index (κ1) is 15.9. The molecule has 1 rings (SSSR count). The highest BCUT2D eigenvalue weighted by Gasteiger charge is 2.28. The van der Waals surface area contributed by atoms with E-state index in [4.69, 9.17) is 0 Å². The maximum Gasteiger partial charge on any atom is 0.0496 e. The summed E-state index contributed by atoms with van der Waals surface area (Å²) < 4.78 is 0. The van der Waals surface area contributed by atoms with Crippen LogP contribution >= 0.6 is 0 Å². The number of rotatable bonds is 5. The Morgan fingerprint density at radius 3 is 2.11 bits per heavy atom. The highest BCUT2D eigenvalue weighted by atomic mass is 16.3. The standard InChI is InChI=1S/C15H32N2O/c1-6-15(5,12-18)11-16-13-7-9-17(10-8-13)14(2,3)4/h13,16,18H,6-12H2,1-5H3. The molecule has 3 nitrogen and oxygen atoms in total. The Balaban J connectivity index is 2.32. The first-order valence-corrected chi connectivity index (χ1v) is 7.40. The molecule has 1 atom stereocenters. The Hall–Kier alpha value is -0.120. The van der Waals surface area contributed by atoms with Crippen LogP contribution in [0.1, 0.15) is 53.9 Å². The summed E-state index contributed by atoms with van der Waals surface area (Å²) in [5, 5.41) is 13.1. The molecule has 1 aliphatic heterocycles. The highest BCUT2D eigenvalue weighted by molar-refractivity contribution is 4.86. The predicted molar refractivity (Wildman–Crippen MR) is 77.8 cm³/mol. The number of nitrogens with one attached hydrogen (secondary N) is 1. The largest absolute Gasteiger partial charge is 0.396 e. The molecule has 0 bridgehead atoms. The zero-order valence-electron chi connectivity index (χ0n) is 12.9. The Morgan fingerprint density at radius 1 is 1.17 bits per heavy atom. The van der Waals surface area contributed by atoms with E-state index in [2.05, 4.69) is 44.8 Å². The van der Waals surface area contributed by atoms with Crippen LogP contribution in [-0.4, -0.2) is 47.8 Å². The average molecular weight is 256 g/mol. The van der Waals surface area contributed by atoms with Gasteiger partial charge in [-0.05, 0) is 40.0 Å². The molecule has 1 unspecified atom stereocenters. The summed E-state index contributed by atoms with van der Waals surface area (Å²) in [6.07, 6.45) is 3.47. The lowest BCUT2D eigenvalue weighted by atomic mass is 9.88. The van der Waals surface area contributed by atoms with E-state index < -0.39 is 0 Å². The minimum Gasteiger partial charge on any atom is -0.396 e. The molecule has 0 saturated carbocycles. The van der Waals surface area contributed by atoms with Crippen molar-refractivity contribution >= 4 is 0 Å². The Morgan fingerprint density at radius 2 is 1.72 bits per heavy atom. The van der Waals surface area contributed by atoms with Gasteiger partial charge in [0, 0.05) is 43.2 Å². The van der Waals surface area contributed by atoms with Crippen molar-refractivity contribution in [1.82, 2.24) is 10.2 Å². The fraction of sp³-hybridized carbons (Fsp3) is 1.00. The van der Waals surface area contributed by atoms with Gasteiger partial charge >= 0.3 is 0 Å². The SMILES string of the molecule is CCC(C)(CO)CNC1CCN(C(C)(C)C)CC1. The molecule has 0 aliphatic carbocycles. The molecule has 2 N–H and O–H groups in total. The Labute approximate surface area is 113 Å². The third-order valence-electron chi connectivity index (χ3n) is 4.50. The van der Waals surface area contributed by atoms with Crippen LogP contribution in [0.15, 0.2) is 0 Å². The van der Waals surface area contributed by atoms with Crippen LogP contribution in [0.3, 0.4) is 0 Å². The maximum absolute atomic E-state index is 9.42. The smallest absolute Gasteiger partial charge is 0.0496 e. The highest BCUT2D eigenvalue weighted by Crippen LogP contribution is 2.22. The van der Waals surface area contributed by atoms with Crippen LogP contribution in [0.4, 0.5) is 0 Å². The molecule has 1 saturated heterocycles. The summed E-state index contributed by atoms with van der Waals surface area (Å²) >= 11 is 0. The van der Waals surface area contributed by atoms with Gasteiger partial charge in [0.2, 0.25) is 0 Å².